The number of likely N-dealkylation sites (tertiary alicyclic amines) is 1. The second-order valence-electron chi connectivity index (χ2n) is 29.9. The molecule has 0 spiro atoms. The van der Waals surface area contributed by atoms with Gasteiger partial charge in [0.25, 0.3) is 0 Å². The molecular formula is C80H105N21O13. The zero-order valence-electron chi connectivity index (χ0n) is 68.4. The molecule has 3 unspecified atom stereocenters. The van der Waals surface area contributed by atoms with Gasteiger partial charge in [0.1, 0.15) is 28.4 Å². The van der Waals surface area contributed by atoms with E-state index in [9.17, 15) is 38.7 Å². The predicted octanol–water partition coefficient (Wildman–Crippen LogP) is 14.3. The zero-order chi connectivity index (χ0) is 84.6. The number of hydrogen-bond acceptors (Lipinski definition) is 27. The fourth-order valence-electron chi connectivity index (χ4n) is 9.64. The van der Waals surface area contributed by atoms with Crippen molar-refractivity contribution < 1.29 is 62.7 Å². The molecule has 0 bridgehead atoms. The first-order valence-electron chi connectivity index (χ1n) is 37.1. The van der Waals surface area contributed by atoms with Gasteiger partial charge in [-0.25, -0.2) is 24.0 Å². The highest BCUT2D eigenvalue weighted by molar-refractivity contribution is 5.94. The average Bonchev–Trinajstić information content (AvgIpc) is 0.806. The molecule has 5 heterocycles. The maximum atomic E-state index is 12.9. The number of aromatic carboxylic acids is 1. The molecule has 4 aromatic heterocycles. The predicted molar refractivity (Wildman–Crippen MR) is 424 cm³/mol. The third kappa shape index (κ3) is 31.6. The van der Waals surface area contributed by atoms with Gasteiger partial charge in [-0.15, -0.1) is 81.6 Å². The van der Waals surface area contributed by atoms with Crippen LogP contribution in [0.2, 0.25) is 0 Å². The van der Waals surface area contributed by atoms with Crippen LogP contribution in [0.25, 0.3) is 45.6 Å². The van der Waals surface area contributed by atoms with E-state index in [1.165, 1.54) is 24.1 Å². The molecule has 1 aliphatic heterocycles. The number of hydrogen-bond donors (Lipinski definition) is 5. The van der Waals surface area contributed by atoms with E-state index in [1.807, 2.05) is 160 Å². The van der Waals surface area contributed by atoms with Crippen molar-refractivity contribution in [2.45, 2.75) is 211 Å². The summed E-state index contributed by atoms with van der Waals surface area (Å²) in [6, 6.07) is 39.3. The molecule has 5 amide bonds. The molecule has 34 nitrogen and oxygen atoms in total. The fourth-order valence-corrected chi connectivity index (χ4v) is 9.64. The summed E-state index contributed by atoms with van der Waals surface area (Å²) in [6.45, 7) is 35.6. The van der Waals surface area contributed by atoms with E-state index in [1.54, 1.807) is 104 Å². The number of aromatic nitrogens is 16. The minimum atomic E-state index is -1.07. The first kappa shape index (κ1) is 92.0. The number of rotatable bonds is 17. The van der Waals surface area contributed by atoms with Crippen LogP contribution in [0.5, 0.6) is 0 Å². The van der Waals surface area contributed by atoms with E-state index in [4.69, 9.17) is 24.1 Å². The lowest BCUT2D eigenvalue weighted by Crippen LogP contribution is -2.42. The molecule has 1 fully saturated rings. The van der Waals surface area contributed by atoms with Crippen LogP contribution in [-0.2, 0) is 35.1 Å². The largest absolute Gasteiger partial charge is 0.481 e. The number of anilines is 1. The number of carboxylic acids is 2. The monoisotopic (exact) mass is 1570 g/mol. The summed E-state index contributed by atoms with van der Waals surface area (Å²) >= 11 is 0. The van der Waals surface area contributed by atoms with Crippen molar-refractivity contribution in [1.82, 2.24) is 102 Å². The van der Waals surface area contributed by atoms with Crippen LogP contribution in [0.15, 0.2) is 140 Å². The lowest BCUT2D eigenvalue weighted by atomic mass is 9.95. The number of amides is 5. The quantitative estimate of drug-likeness (QED) is 0.0529. The normalized spacial score (nSPS) is 13.0. The van der Waals surface area contributed by atoms with Crippen LogP contribution in [-0.4, -0.2) is 180 Å². The van der Waals surface area contributed by atoms with Crippen LogP contribution in [0.1, 0.15) is 221 Å². The molecule has 114 heavy (non-hydrogen) atoms. The molecule has 5 aromatic carbocycles. The second kappa shape index (κ2) is 43.2. The van der Waals surface area contributed by atoms with Crippen molar-refractivity contribution in [3.8, 4) is 45.6 Å². The fraction of sp³-hybridized carbons (Fsp3) is 0.438. The lowest BCUT2D eigenvalue weighted by Gasteiger charge is -2.35. The summed E-state index contributed by atoms with van der Waals surface area (Å²) in [7, 11) is 1.53. The van der Waals surface area contributed by atoms with E-state index < -0.39 is 70.1 Å². The minimum Gasteiger partial charge on any atom is -0.481 e. The van der Waals surface area contributed by atoms with Crippen molar-refractivity contribution >= 4 is 47.9 Å². The topological polar surface area (TPSA) is 446 Å². The SMILES string of the molecule is CC.CC.CC(C)(C)OC(=O)N1CCCCC1c1nnc(-c2ccccc2)nn1.CC(C)(C)OC(=O)NC(CCC(=O)O)c1nnc(-c2ccccc2)nn1.CC(C)(C)OC(=O)NCc1nnc(-c2ccccc2)nn1.CN(C(=O)OC(C)(C)C)C(c1ccc(C(=O)O)cc1)c1nnc(-c2ccc(NC(=O)C(C)(C)C)cc2)nn1. The number of piperidine rings is 1. The summed E-state index contributed by atoms with van der Waals surface area (Å²) in [6.07, 6.45) is 0.465. The number of carbonyl (C=O) groups excluding carboxylic acids is 5. The Balaban J connectivity index is 0.000000274. The van der Waals surface area contributed by atoms with Crippen molar-refractivity contribution in [1.29, 1.82) is 0 Å². The van der Waals surface area contributed by atoms with Gasteiger partial charge in [0.05, 0.1) is 24.2 Å². The molecule has 10 rings (SSSR count). The number of ether oxygens (including phenoxy) is 4. The molecule has 0 aliphatic carbocycles. The Bertz CT molecular complexity index is 4470. The summed E-state index contributed by atoms with van der Waals surface area (Å²) < 4.78 is 21.3. The van der Waals surface area contributed by atoms with Crippen molar-refractivity contribution in [3.05, 3.63) is 174 Å². The maximum Gasteiger partial charge on any atom is 0.410 e. The van der Waals surface area contributed by atoms with Crippen LogP contribution in [0, 0.1) is 5.41 Å². The van der Waals surface area contributed by atoms with Crippen molar-refractivity contribution in [3.63, 3.8) is 0 Å². The first-order chi connectivity index (χ1) is 53.8. The highest BCUT2D eigenvalue weighted by Gasteiger charge is 2.35. The second-order valence-corrected chi connectivity index (χ2v) is 29.9. The smallest absolute Gasteiger partial charge is 0.410 e. The van der Waals surface area contributed by atoms with Gasteiger partial charge >= 0.3 is 36.3 Å². The summed E-state index contributed by atoms with van der Waals surface area (Å²) in [5, 5.41) is 91.7. The van der Waals surface area contributed by atoms with Crippen LogP contribution >= 0.6 is 0 Å². The van der Waals surface area contributed by atoms with Gasteiger partial charge in [-0.1, -0.05) is 152 Å². The third-order valence-corrected chi connectivity index (χ3v) is 14.8. The van der Waals surface area contributed by atoms with Gasteiger partial charge in [0, 0.05) is 53.4 Å². The Morgan fingerprint density at radius 3 is 1.32 bits per heavy atom. The van der Waals surface area contributed by atoms with Gasteiger partial charge in [-0.2, -0.15) is 0 Å². The summed E-state index contributed by atoms with van der Waals surface area (Å²) in [4.78, 5) is 86.2. The number of benzene rings is 5. The Hall–Kier alpha value is -12.7. The van der Waals surface area contributed by atoms with E-state index in [0.717, 1.165) is 36.0 Å². The molecule has 3 atom stereocenters. The van der Waals surface area contributed by atoms with E-state index >= 15 is 0 Å². The van der Waals surface area contributed by atoms with E-state index in [0.29, 0.717) is 52.5 Å². The Morgan fingerprint density at radius 1 is 0.482 bits per heavy atom. The highest BCUT2D eigenvalue weighted by Crippen LogP contribution is 2.32. The number of aliphatic carboxylic acids is 1. The summed E-state index contributed by atoms with van der Waals surface area (Å²) in [5.41, 5.74) is 1.35. The van der Waals surface area contributed by atoms with Crippen molar-refractivity contribution in [2.75, 3.05) is 18.9 Å². The van der Waals surface area contributed by atoms with Crippen molar-refractivity contribution in [2.24, 2.45) is 5.41 Å². The molecule has 608 valence electrons. The van der Waals surface area contributed by atoms with Crippen LogP contribution < -0.4 is 16.0 Å². The van der Waals surface area contributed by atoms with E-state index in [-0.39, 0.29) is 60.5 Å². The van der Waals surface area contributed by atoms with E-state index in [2.05, 4.69) is 97.5 Å². The molecular weight excluding hydrogens is 1460 g/mol. The average molecular weight is 1570 g/mol. The molecule has 9 aromatic rings. The number of nitrogens with one attached hydrogen (secondary N) is 3. The zero-order valence-corrected chi connectivity index (χ0v) is 68.4. The van der Waals surface area contributed by atoms with Gasteiger partial charge in [0.2, 0.25) is 35.0 Å². The molecule has 5 N–H and O–H groups in total. The number of alkyl carbamates (subject to hydrolysis) is 2. The number of carboxylic acid groups (broad SMARTS) is 2. The molecule has 0 saturated carbocycles. The minimum absolute atomic E-state index is 0.0859. The number of nitrogens with zero attached hydrogens (tertiary/aromatic N) is 18. The Labute approximate surface area is 664 Å². The summed E-state index contributed by atoms with van der Waals surface area (Å²) in [5.74, 6) is 0.364. The highest BCUT2D eigenvalue weighted by atomic mass is 16.6. The number of carbonyl (C=O) groups is 7. The Kier molecular flexibility index (Phi) is 34.9. The van der Waals surface area contributed by atoms with Gasteiger partial charge in [0.15, 0.2) is 17.5 Å². The Morgan fingerprint density at radius 2 is 0.895 bits per heavy atom. The molecule has 0 radical (unpaired) electrons. The van der Waals surface area contributed by atoms with Gasteiger partial charge < -0.3 is 45.1 Å². The lowest BCUT2D eigenvalue weighted by molar-refractivity contribution is -0.137. The standard InChI is InChI=1S/C27H32N6O5.C18H23N5O2.C17H21N5O4.C14H17N5O2.2C2H6/c1-26(2,3)24(36)28-19-14-12-17(13-15-19)21-29-31-22(32-30-21)20(33(7)25(37)38-27(4,5)6)16-8-10-18(11-9-16)23(34)35;1-18(2,3)25-17(24)23-12-8-7-11-14(23)16-21-19-15(20-22-16)13-9-5-4-6-10-13;1-17(2,3)26-16(25)18-12(9-10-13(23)24)15-21-19-14(20-22-15)11-7-5-4-6-8-11;1-14(2,3)21-13(20)15-9-11-16-18-12(19-17-11)10-7-5-4-6-8-10;2*1-2/h8-15,20H,1-7H3,(H,28,36)(H,34,35);4-6,9-10,14H,7-8,11-12H2,1-3H3;4-8,12H,9-10H2,1-3H3,(H,18,25)(H,23,24);4-8H,9H2,1-3H3,(H,15,20);2*1-2H3. The first-order valence-corrected chi connectivity index (χ1v) is 37.1. The van der Waals surface area contributed by atoms with Gasteiger partial charge in [-0.3, -0.25) is 19.4 Å². The molecule has 1 aliphatic rings. The third-order valence-electron chi connectivity index (χ3n) is 14.8. The maximum absolute atomic E-state index is 12.9. The van der Waals surface area contributed by atoms with Crippen LogP contribution in [0.4, 0.5) is 24.9 Å². The van der Waals surface area contributed by atoms with Crippen LogP contribution in [0.3, 0.4) is 0 Å². The molecule has 34 heteroatoms. The van der Waals surface area contributed by atoms with Gasteiger partial charge in [-0.05, 0) is 151 Å². The molecule has 1 saturated heterocycles.